The van der Waals surface area contributed by atoms with Crippen molar-refractivity contribution in [2.75, 3.05) is 0 Å². The Morgan fingerprint density at radius 2 is 1.08 bits per heavy atom. The molecule has 0 aromatic heterocycles. The minimum Gasteiger partial charge on any atom is -0.211 e. The average molecular weight is 310 g/mol. The Bertz CT molecular complexity index is 1180. The number of benzene rings is 4. The number of hydrogen-bond acceptors (Lipinski definition) is 4. The van der Waals surface area contributed by atoms with E-state index in [1.807, 2.05) is 48.5 Å². The SMILES string of the molecule is O=C=Nc1ccc2c3ccccc3c3ccccc3c2c1N=C=O. The lowest BCUT2D eigenvalue weighted by Gasteiger charge is -2.12. The maximum absolute atomic E-state index is 10.9. The van der Waals surface area contributed by atoms with Crippen LogP contribution in [0.4, 0.5) is 11.4 Å². The van der Waals surface area contributed by atoms with E-state index in [4.69, 9.17) is 0 Å². The molecule has 0 fully saturated rings. The van der Waals surface area contributed by atoms with Crippen molar-refractivity contribution in [1.29, 1.82) is 0 Å². The summed E-state index contributed by atoms with van der Waals surface area (Å²) in [7, 11) is 0. The number of hydrogen-bond donors (Lipinski definition) is 0. The molecular formula is C20H10N2O2. The average Bonchev–Trinajstić information content (AvgIpc) is 2.63. The van der Waals surface area contributed by atoms with Crippen molar-refractivity contribution in [3.05, 3.63) is 60.7 Å². The lowest BCUT2D eigenvalue weighted by atomic mass is 9.93. The van der Waals surface area contributed by atoms with Gasteiger partial charge in [-0.2, -0.15) is 9.98 Å². The second-order valence-corrected chi connectivity index (χ2v) is 5.35. The molecule has 112 valence electrons. The van der Waals surface area contributed by atoms with E-state index in [1.54, 1.807) is 12.1 Å². The highest BCUT2D eigenvalue weighted by atomic mass is 16.1. The number of nitrogens with zero attached hydrogens (tertiary/aromatic N) is 2. The topological polar surface area (TPSA) is 58.9 Å². The summed E-state index contributed by atoms with van der Waals surface area (Å²) in [6.07, 6.45) is 3.09. The van der Waals surface area contributed by atoms with Gasteiger partial charge in [0, 0.05) is 5.39 Å². The normalized spacial score (nSPS) is 10.5. The van der Waals surface area contributed by atoms with Crippen LogP contribution in [0.2, 0.25) is 0 Å². The van der Waals surface area contributed by atoms with Gasteiger partial charge in [0.15, 0.2) is 0 Å². The van der Waals surface area contributed by atoms with Crippen LogP contribution in [0.25, 0.3) is 32.3 Å². The first-order valence-corrected chi connectivity index (χ1v) is 7.37. The van der Waals surface area contributed by atoms with Gasteiger partial charge < -0.3 is 0 Å². The molecule has 0 aliphatic rings. The summed E-state index contributed by atoms with van der Waals surface area (Å²) in [5.74, 6) is 0. The molecule has 4 aromatic rings. The lowest BCUT2D eigenvalue weighted by molar-refractivity contribution is 0.564. The molecule has 0 N–H and O–H groups in total. The highest BCUT2D eigenvalue weighted by Gasteiger charge is 2.14. The molecule has 4 rings (SSSR count). The van der Waals surface area contributed by atoms with Gasteiger partial charge in [0.1, 0.15) is 11.4 Å². The molecule has 0 aliphatic carbocycles. The maximum Gasteiger partial charge on any atom is 0.240 e. The minimum atomic E-state index is 0.307. The van der Waals surface area contributed by atoms with Gasteiger partial charge in [0.05, 0.1) is 0 Å². The fraction of sp³-hybridized carbons (Fsp3) is 0. The number of fused-ring (bicyclic) bond motifs is 6. The standard InChI is InChI=1S/C20H10N2O2/c23-11-21-18-10-9-17-15-7-2-1-5-13(15)14-6-3-4-8-16(14)19(17)20(18)22-12-24/h1-10H. The first-order valence-electron chi connectivity index (χ1n) is 7.37. The summed E-state index contributed by atoms with van der Waals surface area (Å²) in [5.41, 5.74) is 0.647. The Labute approximate surface area is 136 Å². The van der Waals surface area contributed by atoms with Gasteiger partial charge in [0.25, 0.3) is 0 Å². The number of carbonyl (C=O) groups excluding carboxylic acids is 2. The van der Waals surface area contributed by atoms with Gasteiger partial charge in [0.2, 0.25) is 12.2 Å². The molecule has 0 saturated heterocycles. The van der Waals surface area contributed by atoms with Crippen LogP contribution >= 0.6 is 0 Å². The summed E-state index contributed by atoms with van der Waals surface area (Å²) in [6.45, 7) is 0. The second-order valence-electron chi connectivity index (χ2n) is 5.35. The largest absolute Gasteiger partial charge is 0.240 e. The molecule has 4 heteroatoms. The van der Waals surface area contributed by atoms with Crippen LogP contribution in [-0.2, 0) is 9.59 Å². The van der Waals surface area contributed by atoms with Crippen molar-refractivity contribution in [3.63, 3.8) is 0 Å². The third-order valence-corrected chi connectivity index (χ3v) is 4.18. The highest BCUT2D eigenvalue weighted by Crippen LogP contribution is 2.43. The predicted molar refractivity (Wildman–Crippen MR) is 94.5 cm³/mol. The van der Waals surface area contributed by atoms with E-state index in [1.165, 1.54) is 6.08 Å². The molecule has 0 spiro atoms. The molecule has 4 aromatic carbocycles. The van der Waals surface area contributed by atoms with E-state index in [2.05, 4.69) is 16.1 Å². The summed E-state index contributed by atoms with van der Waals surface area (Å²) in [5, 5.41) is 5.90. The summed E-state index contributed by atoms with van der Waals surface area (Å²) in [6, 6.07) is 19.5. The molecule has 0 saturated carbocycles. The number of aliphatic imine (C=N–C) groups is 2. The maximum atomic E-state index is 10.9. The zero-order valence-electron chi connectivity index (χ0n) is 12.5. The van der Waals surface area contributed by atoms with Gasteiger partial charge in [-0.1, -0.05) is 54.6 Å². The third kappa shape index (κ3) is 1.96. The van der Waals surface area contributed by atoms with Crippen molar-refractivity contribution in [2.24, 2.45) is 9.98 Å². The Balaban J connectivity index is 2.40. The van der Waals surface area contributed by atoms with E-state index in [0.29, 0.717) is 11.4 Å². The van der Waals surface area contributed by atoms with E-state index in [0.717, 1.165) is 32.3 Å². The molecule has 24 heavy (non-hydrogen) atoms. The molecular weight excluding hydrogens is 300 g/mol. The van der Waals surface area contributed by atoms with E-state index < -0.39 is 0 Å². The predicted octanol–water partition coefficient (Wildman–Crippen LogP) is 5.08. The van der Waals surface area contributed by atoms with Gasteiger partial charge in [-0.15, -0.1) is 0 Å². The first kappa shape index (κ1) is 14.0. The molecule has 0 heterocycles. The molecule has 0 atom stereocenters. The second kappa shape index (κ2) is 5.56. The Morgan fingerprint density at radius 1 is 0.583 bits per heavy atom. The molecule has 0 unspecified atom stereocenters. The summed E-state index contributed by atoms with van der Waals surface area (Å²) >= 11 is 0. The quantitative estimate of drug-likeness (QED) is 0.294. The van der Waals surface area contributed by atoms with Crippen molar-refractivity contribution < 1.29 is 9.59 Å². The van der Waals surface area contributed by atoms with Crippen molar-refractivity contribution in [1.82, 2.24) is 0 Å². The minimum absolute atomic E-state index is 0.307. The van der Waals surface area contributed by atoms with Crippen LogP contribution in [0, 0.1) is 0 Å². The van der Waals surface area contributed by atoms with Gasteiger partial charge >= 0.3 is 0 Å². The Kier molecular flexibility index (Phi) is 3.25. The molecule has 0 amide bonds. The summed E-state index contributed by atoms with van der Waals surface area (Å²) < 4.78 is 0. The van der Waals surface area contributed by atoms with Crippen molar-refractivity contribution in [2.45, 2.75) is 0 Å². The van der Waals surface area contributed by atoms with Gasteiger partial charge in [-0.3, -0.25) is 0 Å². The number of rotatable bonds is 2. The Hall–Kier alpha value is -3.58. The molecule has 4 nitrogen and oxygen atoms in total. The lowest BCUT2D eigenvalue weighted by Crippen LogP contribution is -1.84. The van der Waals surface area contributed by atoms with Crippen molar-refractivity contribution >= 4 is 55.9 Å². The molecule has 0 aliphatic heterocycles. The van der Waals surface area contributed by atoms with Crippen LogP contribution in [0.15, 0.2) is 70.6 Å². The fourth-order valence-corrected chi connectivity index (χ4v) is 3.26. The fourth-order valence-electron chi connectivity index (χ4n) is 3.26. The zero-order valence-corrected chi connectivity index (χ0v) is 12.5. The third-order valence-electron chi connectivity index (χ3n) is 4.18. The van der Waals surface area contributed by atoms with Crippen LogP contribution < -0.4 is 0 Å². The first-order chi connectivity index (χ1) is 11.8. The molecule has 0 radical (unpaired) electrons. The smallest absolute Gasteiger partial charge is 0.211 e. The zero-order chi connectivity index (χ0) is 16.5. The van der Waals surface area contributed by atoms with Crippen LogP contribution in [-0.4, -0.2) is 12.2 Å². The molecule has 0 bridgehead atoms. The Morgan fingerprint density at radius 3 is 1.67 bits per heavy atom. The van der Waals surface area contributed by atoms with Gasteiger partial charge in [-0.05, 0) is 33.0 Å². The summed E-state index contributed by atoms with van der Waals surface area (Å²) in [4.78, 5) is 29.2. The van der Waals surface area contributed by atoms with Crippen LogP contribution in [0.3, 0.4) is 0 Å². The van der Waals surface area contributed by atoms with Crippen LogP contribution in [0.5, 0.6) is 0 Å². The monoisotopic (exact) mass is 310 g/mol. The highest BCUT2D eigenvalue weighted by molar-refractivity contribution is 6.28. The number of isocyanates is 2. The van der Waals surface area contributed by atoms with Crippen molar-refractivity contribution in [3.8, 4) is 0 Å². The van der Waals surface area contributed by atoms with Gasteiger partial charge in [-0.25, -0.2) is 9.59 Å². The van der Waals surface area contributed by atoms with E-state index >= 15 is 0 Å². The van der Waals surface area contributed by atoms with E-state index in [-0.39, 0.29) is 0 Å². The van der Waals surface area contributed by atoms with E-state index in [9.17, 15) is 9.59 Å². The van der Waals surface area contributed by atoms with Crippen LogP contribution in [0.1, 0.15) is 0 Å².